The molecule has 0 saturated heterocycles. The summed E-state index contributed by atoms with van der Waals surface area (Å²) in [5.41, 5.74) is 1.60. The number of hydrogen-bond acceptors (Lipinski definition) is 4. The van der Waals surface area contributed by atoms with E-state index in [1.807, 2.05) is 0 Å². The van der Waals surface area contributed by atoms with E-state index in [0.717, 1.165) is 12.8 Å². The van der Waals surface area contributed by atoms with E-state index in [-0.39, 0.29) is 23.1 Å². The molecule has 1 aliphatic carbocycles. The van der Waals surface area contributed by atoms with E-state index < -0.39 is 23.8 Å². The number of halogens is 1. The topological polar surface area (TPSA) is 84.5 Å². The van der Waals surface area contributed by atoms with Gasteiger partial charge in [-0.25, -0.2) is 9.18 Å². The summed E-state index contributed by atoms with van der Waals surface area (Å²) in [6, 6.07) is 10.6. The summed E-state index contributed by atoms with van der Waals surface area (Å²) >= 11 is 0. The van der Waals surface area contributed by atoms with E-state index in [0.29, 0.717) is 11.3 Å². The minimum atomic E-state index is -1.06. The molecule has 2 N–H and O–H groups in total. The summed E-state index contributed by atoms with van der Waals surface area (Å²) in [6.07, 6.45) is 0.753. The van der Waals surface area contributed by atoms with Crippen LogP contribution < -0.4 is 10.6 Å². The molecule has 6 nitrogen and oxygen atoms in total. The zero-order valence-corrected chi connectivity index (χ0v) is 15.6. The van der Waals surface area contributed by atoms with E-state index in [1.165, 1.54) is 25.1 Å². The van der Waals surface area contributed by atoms with Crippen LogP contribution in [-0.4, -0.2) is 23.9 Å². The second-order valence-electron chi connectivity index (χ2n) is 6.84. The number of carbonyl (C=O) groups excluding carboxylic acids is 3. The molecule has 1 aliphatic rings. The lowest BCUT2D eigenvalue weighted by Gasteiger charge is -2.14. The Morgan fingerprint density at radius 2 is 1.68 bits per heavy atom. The summed E-state index contributed by atoms with van der Waals surface area (Å²) in [6.45, 7) is 3.05. The van der Waals surface area contributed by atoms with Crippen molar-refractivity contribution >= 4 is 29.2 Å². The van der Waals surface area contributed by atoms with Gasteiger partial charge in [0.2, 0.25) is 5.91 Å². The second kappa shape index (κ2) is 8.21. The van der Waals surface area contributed by atoms with Crippen molar-refractivity contribution in [3.05, 3.63) is 59.4 Å². The normalized spacial score (nSPS) is 14.1. The van der Waals surface area contributed by atoms with Crippen LogP contribution in [0.4, 0.5) is 15.8 Å². The molecule has 0 bridgehead atoms. The molecular weight excluding hydrogens is 363 g/mol. The molecule has 1 fully saturated rings. The van der Waals surface area contributed by atoms with Crippen molar-refractivity contribution in [2.24, 2.45) is 5.92 Å². The molecule has 2 aromatic rings. The summed E-state index contributed by atoms with van der Waals surface area (Å²) in [7, 11) is 0. The lowest BCUT2D eigenvalue weighted by molar-refractivity contribution is -0.123. The van der Waals surface area contributed by atoms with E-state index in [4.69, 9.17) is 4.74 Å². The molecule has 0 heterocycles. The monoisotopic (exact) mass is 384 g/mol. The molecule has 1 atom stereocenters. The van der Waals surface area contributed by atoms with Crippen LogP contribution in [0, 0.1) is 18.7 Å². The van der Waals surface area contributed by atoms with Crippen molar-refractivity contribution in [1.82, 2.24) is 0 Å². The molecule has 0 radical (unpaired) electrons. The average molecular weight is 384 g/mol. The molecule has 0 aliphatic heterocycles. The molecule has 2 aromatic carbocycles. The smallest absolute Gasteiger partial charge is 0.338 e. The Labute approximate surface area is 162 Å². The summed E-state index contributed by atoms with van der Waals surface area (Å²) in [5.74, 6) is -1.60. The van der Waals surface area contributed by atoms with Crippen LogP contribution in [0.5, 0.6) is 0 Å². The Balaban J connectivity index is 1.54. The number of rotatable bonds is 6. The van der Waals surface area contributed by atoms with Gasteiger partial charge in [-0.2, -0.15) is 0 Å². The maximum atomic E-state index is 13.6. The van der Waals surface area contributed by atoms with Crippen LogP contribution >= 0.6 is 0 Å². The van der Waals surface area contributed by atoms with Crippen LogP contribution in [0.1, 0.15) is 35.7 Å². The van der Waals surface area contributed by atoms with Crippen molar-refractivity contribution in [3.63, 3.8) is 0 Å². The number of hydrogen-bond donors (Lipinski definition) is 2. The first-order valence-corrected chi connectivity index (χ1v) is 9.02. The maximum Gasteiger partial charge on any atom is 0.338 e. The van der Waals surface area contributed by atoms with Crippen molar-refractivity contribution in [3.8, 4) is 0 Å². The fourth-order valence-corrected chi connectivity index (χ4v) is 2.48. The number of amides is 2. The quantitative estimate of drug-likeness (QED) is 0.745. The average Bonchev–Trinajstić information content (AvgIpc) is 3.50. The van der Waals surface area contributed by atoms with Gasteiger partial charge in [0.25, 0.3) is 5.91 Å². The highest BCUT2D eigenvalue weighted by atomic mass is 19.1. The van der Waals surface area contributed by atoms with Gasteiger partial charge >= 0.3 is 5.97 Å². The van der Waals surface area contributed by atoms with Crippen molar-refractivity contribution in [1.29, 1.82) is 0 Å². The lowest BCUT2D eigenvalue weighted by atomic mass is 10.2. The van der Waals surface area contributed by atoms with Gasteiger partial charge in [0.15, 0.2) is 6.10 Å². The van der Waals surface area contributed by atoms with E-state index in [2.05, 4.69) is 10.6 Å². The van der Waals surface area contributed by atoms with Crippen LogP contribution in [0.25, 0.3) is 0 Å². The third-order valence-corrected chi connectivity index (χ3v) is 4.43. The van der Waals surface area contributed by atoms with Gasteiger partial charge in [-0.3, -0.25) is 9.59 Å². The maximum absolute atomic E-state index is 13.6. The van der Waals surface area contributed by atoms with Crippen molar-refractivity contribution in [2.75, 3.05) is 10.6 Å². The zero-order chi connectivity index (χ0) is 20.3. The fourth-order valence-electron chi connectivity index (χ4n) is 2.48. The van der Waals surface area contributed by atoms with Crippen LogP contribution in [-0.2, 0) is 14.3 Å². The molecule has 0 aromatic heterocycles. The van der Waals surface area contributed by atoms with Crippen molar-refractivity contribution in [2.45, 2.75) is 32.8 Å². The Hall–Kier alpha value is -3.22. The van der Waals surface area contributed by atoms with Crippen LogP contribution in [0.2, 0.25) is 0 Å². The highest BCUT2D eigenvalue weighted by Gasteiger charge is 2.29. The molecule has 7 heteroatoms. The highest BCUT2D eigenvalue weighted by Crippen LogP contribution is 2.30. The fraction of sp³-hybridized carbons (Fsp3) is 0.286. The Bertz CT molecular complexity index is 907. The van der Waals surface area contributed by atoms with Gasteiger partial charge in [0, 0.05) is 17.3 Å². The summed E-state index contributed by atoms with van der Waals surface area (Å²) < 4.78 is 18.7. The molecule has 0 spiro atoms. The zero-order valence-electron chi connectivity index (χ0n) is 15.6. The predicted molar refractivity (Wildman–Crippen MR) is 102 cm³/mol. The lowest BCUT2D eigenvalue weighted by Crippen LogP contribution is -2.30. The number of anilines is 2. The standard InChI is InChI=1S/C21H21FN2O4/c1-12-3-8-17(11-18(12)22)24-19(25)13(2)28-21(27)15-6-9-16(10-7-15)23-20(26)14-4-5-14/h3,6-11,13-14H,4-5H2,1-2H3,(H,23,26)(H,24,25). The van der Waals surface area contributed by atoms with Gasteiger partial charge in [0.05, 0.1) is 5.56 Å². The van der Waals surface area contributed by atoms with Gasteiger partial charge < -0.3 is 15.4 Å². The number of ether oxygens (including phenoxy) is 1. The number of carbonyl (C=O) groups is 3. The minimum Gasteiger partial charge on any atom is -0.449 e. The molecule has 3 rings (SSSR count). The molecule has 146 valence electrons. The first-order valence-electron chi connectivity index (χ1n) is 9.02. The van der Waals surface area contributed by atoms with Crippen molar-refractivity contribution < 1.29 is 23.5 Å². The Kier molecular flexibility index (Phi) is 5.73. The van der Waals surface area contributed by atoms with Gasteiger partial charge in [-0.05, 0) is 68.7 Å². The van der Waals surface area contributed by atoms with Gasteiger partial charge in [0.1, 0.15) is 5.82 Å². The number of nitrogens with one attached hydrogen (secondary N) is 2. The molecule has 2 amide bonds. The number of benzene rings is 2. The third kappa shape index (κ3) is 4.94. The first kappa shape index (κ1) is 19.5. The molecule has 28 heavy (non-hydrogen) atoms. The van der Waals surface area contributed by atoms with Gasteiger partial charge in [-0.15, -0.1) is 0 Å². The largest absolute Gasteiger partial charge is 0.449 e. The van der Waals surface area contributed by atoms with E-state index in [9.17, 15) is 18.8 Å². The minimum absolute atomic E-state index is 0.0202. The summed E-state index contributed by atoms with van der Waals surface area (Å²) in [4.78, 5) is 36.1. The third-order valence-electron chi connectivity index (χ3n) is 4.43. The first-order chi connectivity index (χ1) is 13.3. The van der Waals surface area contributed by atoms with Crippen LogP contribution in [0.15, 0.2) is 42.5 Å². The molecule has 1 saturated carbocycles. The van der Waals surface area contributed by atoms with Gasteiger partial charge in [-0.1, -0.05) is 6.07 Å². The summed E-state index contributed by atoms with van der Waals surface area (Å²) in [5, 5.41) is 5.29. The second-order valence-corrected chi connectivity index (χ2v) is 6.84. The SMILES string of the molecule is Cc1ccc(NC(=O)C(C)OC(=O)c2ccc(NC(=O)C3CC3)cc2)cc1F. The Morgan fingerprint density at radius 3 is 2.29 bits per heavy atom. The van der Waals surface area contributed by atoms with Crippen LogP contribution in [0.3, 0.4) is 0 Å². The van der Waals surface area contributed by atoms with E-state index in [1.54, 1.807) is 31.2 Å². The number of aryl methyl sites for hydroxylation is 1. The van der Waals surface area contributed by atoms with E-state index >= 15 is 0 Å². The Morgan fingerprint density at radius 1 is 1.04 bits per heavy atom. The highest BCUT2D eigenvalue weighted by molar-refractivity contribution is 5.98. The predicted octanol–water partition coefficient (Wildman–Crippen LogP) is 3.67. The number of esters is 1. The molecular formula is C21H21FN2O4. The molecule has 1 unspecified atom stereocenters.